The topological polar surface area (TPSA) is 73.9 Å². The summed E-state index contributed by atoms with van der Waals surface area (Å²) in [6.45, 7) is 0.816. The normalized spacial score (nSPS) is 12.4. The number of aliphatic hydroxyl groups is 1. The van der Waals surface area contributed by atoms with Crippen LogP contribution in [0.15, 0.2) is 78.9 Å². The van der Waals surface area contributed by atoms with E-state index in [4.69, 9.17) is 19.9 Å². The fraction of sp³-hybridized carbons (Fsp3) is 0.308. The Morgan fingerprint density at radius 1 is 0.742 bits per heavy atom. The van der Waals surface area contributed by atoms with Gasteiger partial charge in [0.25, 0.3) is 0 Å². The lowest BCUT2D eigenvalue weighted by Gasteiger charge is -2.36. The zero-order valence-electron chi connectivity index (χ0n) is 18.2. The van der Waals surface area contributed by atoms with E-state index >= 15 is 0 Å². The summed E-state index contributed by atoms with van der Waals surface area (Å²) in [5, 5.41) is 10.2. The van der Waals surface area contributed by atoms with Crippen LogP contribution in [0.2, 0.25) is 0 Å². The van der Waals surface area contributed by atoms with E-state index < -0.39 is 11.7 Å². The third kappa shape index (κ3) is 5.25. The molecular weight excluding hydrogens is 390 g/mol. The highest BCUT2D eigenvalue weighted by Gasteiger charge is 2.37. The van der Waals surface area contributed by atoms with Crippen molar-refractivity contribution in [1.29, 1.82) is 0 Å². The highest BCUT2D eigenvalue weighted by Crippen LogP contribution is 2.41. The molecule has 0 fully saturated rings. The maximum absolute atomic E-state index is 10.2. The lowest BCUT2D eigenvalue weighted by Crippen LogP contribution is -2.34. The average Bonchev–Trinajstić information content (AvgIpc) is 2.83. The maximum Gasteiger partial charge on any atom is 0.143 e. The van der Waals surface area contributed by atoms with E-state index in [9.17, 15) is 5.11 Å². The second kappa shape index (κ2) is 11.0. The molecule has 3 aromatic rings. The summed E-state index contributed by atoms with van der Waals surface area (Å²) in [7, 11) is 3.30. The van der Waals surface area contributed by atoms with E-state index in [1.165, 1.54) is 0 Å². The van der Waals surface area contributed by atoms with E-state index in [-0.39, 0.29) is 0 Å². The van der Waals surface area contributed by atoms with Gasteiger partial charge >= 0.3 is 0 Å². The molecule has 0 aliphatic heterocycles. The molecule has 3 aromatic carbocycles. The zero-order chi connectivity index (χ0) is 22.1. The number of methoxy groups -OCH3 is 2. The van der Waals surface area contributed by atoms with Gasteiger partial charge in [0.05, 0.1) is 26.9 Å². The quantitative estimate of drug-likeness (QED) is 0.456. The van der Waals surface area contributed by atoms with Crippen molar-refractivity contribution in [3.8, 4) is 11.5 Å². The molecule has 0 aliphatic rings. The highest BCUT2D eigenvalue weighted by atomic mass is 16.5. The number of rotatable bonds is 11. The molecular formula is C26H31NO4. The molecule has 1 unspecified atom stereocenters. The summed E-state index contributed by atoms with van der Waals surface area (Å²) in [5.74, 6) is 1.55. The predicted octanol–water partition coefficient (Wildman–Crippen LogP) is 4.11. The molecule has 0 saturated carbocycles. The first-order valence-corrected chi connectivity index (χ1v) is 10.5. The number of benzene rings is 3. The van der Waals surface area contributed by atoms with Crippen LogP contribution in [0.4, 0.5) is 0 Å². The number of nitrogens with two attached hydrogens (primary N) is 1. The minimum absolute atomic E-state index is 0.369. The second-order valence-electron chi connectivity index (χ2n) is 7.37. The molecule has 1 atom stereocenters. The number of hydrogen-bond donors (Lipinski definition) is 2. The smallest absolute Gasteiger partial charge is 0.143 e. The van der Waals surface area contributed by atoms with E-state index in [0.29, 0.717) is 26.0 Å². The molecule has 0 aliphatic carbocycles. The fourth-order valence-corrected chi connectivity index (χ4v) is 3.76. The van der Waals surface area contributed by atoms with Crippen molar-refractivity contribution < 1.29 is 19.3 Å². The Balaban J connectivity index is 2.11. The first kappa shape index (κ1) is 22.8. The molecule has 3 rings (SSSR count). The van der Waals surface area contributed by atoms with Crippen LogP contribution in [0.1, 0.15) is 29.5 Å². The van der Waals surface area contributed by atoms with Crippen LogP contribution in [-0.4, -0.2) is 38.6 Å². The number of ether oxygens (including phenoxy) is 3. The molecule has 0 spiro atoms. The summed E-state index contributed by atoms with van der Waals surface area (Å²) in [6, 6.07) is 25.9. The molecule has 31 heavy (non-hydrogen) atoms. The standard InChI is InChI=1S/C26H31NO4/c1-29-24-12-8-21(9-13-24)26(20-6-4-3-5-7-20,31-19-17-23(28)16-18-27)22-10-14-25(30-2)15-11-22/h3-15,23,28H,16-19,27H2,1-2H3. The Morgan fingerprint density at radius 2 is 1.23 bits per heavy atom. The first-order chi connectivity index (χ1) is 15.1. The van der Waals surface area contributed by atoms with E-state index in [1.807, 2.05) is 66.7 Å². The fourth-order valence-electron chi connectivity index (χ4n) is 3.76. The summed E-state index contributed by atoms with van der Waals surface area (Å²) in [5.41, 5.74) is 7.67. The Hall–Kier alpha value is -2.86. The summed E-state index contributed by atoms with van der Waals surface area (Å²) in [6.07, 6.45) is 0.551. The van der Waals surface area contributed by atoms with Crippen LogP contribution < -0.4 is 15.2 Å². The van der Waals surface area contributed by atoms with Crippen LogP contribution in [-0.2, 0) is 10.3 Å². The third-order valence-corrected chi connectivity index (χ3v) is 5.44. The van der Waals surface area contributed by atoms with Crippen LogP contribution in [0, 0.1) is 0 Å². The lowest BCUT2D eigenvalue weighted by molar-refractivity contribution is -0.00600. The maximum atomic E-state index is 10.2. The second-order valence-corrected chi connectivity index (χ2v) is 7.37. The number of aliphatic hydroxyl groups excluding tert-OH is 1. The van der Waals surface area contributed by atoms with Gasteiger partial charge in [-0.3, -0.25) is 0 Å². The van der Waals surface area contributed by atoms with Gasteiger partial charge in [0.15, 0.2) is 0 Å². The van der Waals surface area contributed by atoms with Gasteiger partial charge in [0.2, 0.25) is 0 Å². The first-order valence-electron chi connectivity index (χ1n) is 10.5. The largest absolute Gasteiger partial charge is 0.497 e. The van der Waals surface area contributed by atoms with E-state index in [1.54, 1.807) is 14.2 Å². The van der Waals surface area contributed by atoms with Crippen LogP contribution in [0.3, 0.4) is 0 Å². The molecule has 3 N–H and O–H groups in total. The van der Waals surface area contributed by atoms with Crippen LogP contribution in [0.5, 0.6) is 11.5 Å². The van der Waals surface area contributed by atoms with Crippen molar-refractivity contribution in [2.75, 3.05) is 27.4 Å². The molecule has 0 radical (unpaired) electrons. The van der Waals surface area contributed by atoms with Gasteiger partial charge < -0.3 is 25.1 Å². The number of hydrogen-bond acceptors (Lipinski definition) is 5. The Labute approximate surface area is 184 Å². The average molecular weight is 422 g/mol. The van der Waals surface area contributed by atoms with Gasteiger partial charge in [-0.05, 0) is 60.3 Å². The predicted molar refractivity (Wildman–Crippen MR) is 123 cm³/mol. The molecule has 0 heterocycles. The Morgan fingerprint density at radius 3 is 1.68 bits per heavy atom. The van der Waals surface area contributed by atoms with Crippen molar-refractivity contribution in [3.63, 3.8) is 0 Å². The molecule has 0 saturated heterocycles. The highest BCUT2D eigenvalue weighted by molar-refractivity contribution is 5.49. The van der Waals surface area contributed by atoms with Crippen LogP contribution >= 0.6 is 0 Å². The van der Waals surface area contributed by atoms with Crippen molar-refractivity contribution in [1.82, 2.24) is 0 Å². The van der Waals surface area contributed by atoms with Gasteiger partial charge in [0, 0.05) is 0 Å². The summed E-state index contributed by atoms with van der Waals surface area (Å²) in [4.78, 5) is 0. The molecule has 164 valence electrons. The van der Waals surface area contributed by atoms with Crippen molar-refractivity contribution in [3.05, 3.63) is 95.6 Å². The van der Waals surface area contributed by atoms with Gasteiger partial charge in [-0.25, -0.2) is 0 Å². The summed E-state index contributed by atoms with van der Waals surface area (Å²) >= 11 is 0. The molecule has 0 amide bonds. The minimum Gasteiger partial charge on any atom is -0.497 e. The molecule has 0 aromatic heterocycles. The van der Waals surface area contributed by atoms with Gasteiger partial charge in [-0.2, -0.15) is 0 Å². The lowest BCUT2D eigenvalue weighted by atomic mass is 9.80. The molecule has 0 bridgehead atoms. The summed E-state index contributed by atoms with van der Waals surface area (Å²) < 4.78 is 17.4. The van der Waals surface area contributed by atoms with Gasteiger partial charge in [0.1, 0.15) is 17.1 Å². The zero-order valence-corrected chi connectivity index (χ0v) is 18.2. The minimum atomic E-state index is -0.859. The Bertz CT molecular complexity index is 863. The van der Waals surface area contributed by atoms with Crippen molar-refractivity contribution in [2.24, 2.45) is 5.73 Å². The monoisotopic (exact) mass is 421 g/mol. The van der Waals surface area contributed by atoms with E-state index in [0.717, 1.165) is 28.2 Å². The van der Waals surface area contributed by atoms with Crippen molar-refractivity contribution in [2.45, 2.75) is 24.5 Å². The van der Waals surface area contributed by atoms with E-state index in [2.05, 4.69) is 12.1 Å². The molecule has 5 nitrogen and oxygen atoms in total. The SMILES string of the molecule is COc1ccc(C(OCCC(O)CCN)(c2ccccc2)c2ccc(OC)cc2)cc1. The van der Waals surface area contributed by atoms with Crippen molar-refractivity contribution >= 4 is 0 Å². The van der Waals surface area contributed by atoms with Gasteiger partial charge in [-0.1, -0.05) is 54.6 Å². The van der Waals surface area contributed by atoms with Gasteiger partial charge in [-0.15, -0.1) is 0 Å². The third-order valence-electron chi connectivity index (χ3n) is 5.44. The molecule has 5 heteroatoms. The Kier molecular flexibility index (Phi) is 8.06. The van der Waals surface area contributed by atoms with Crippen LogP contribution in [0.25, 0.3) is 0 Å².